The maximum atomic E-state index is 12.8. The number of benzene rings is 3. The van der Waals surface area contributed by atoms with Gasteiger partial charge in [-0.2, -0.15) is 0 Å². The van der Waals surface area contributed by atoms with Crippen LogP contribution in [0.4, 0.5) is 5.69 Å². The summed E-state index contributed by atoms with van der Waals surface area (Å²) >= 11 is 0. The standard InChI is InChI=1S/C23H24N2O3S/c1-17-13-14-20(15-22(17)25-29(2,27)28)23(26)24-16-21(18-9-5-3-6-10-18)19-11-7-4-8-12-19/h3-15,21,25H,16H2,1-2H3,(H,24,26). The van der Waals surface area contributed by atoms with Crippen molar-refractivity contribution in [2.75, 3.05) is 17.5 Å². The molecule has 29 heavy (non-hydrogen) atoms. The minimum atomic E-state index is -3.42. The Hall–Kier alpha value is -3.12. The number of carbonyl (C=O) groups excluding carboxylic acids is 1. The second-order valence-electron chi connectivity index (χ2n) is 6.99. The molecule has 0 bridgehead atoms. The molecule has 0 spiro atoms. The van der Waals surface area contributed by atoms with Gasteiger partial charge in [0.15, 0.2) is 0 Å². The van der Waals surface area contributed by atoms with Crippen LogP contribution in [0.2, 0.25) is 0 Å². The number of amides is 1. The Balaban J connectivity index is 1.80. The number of nitrogens with one attached hydrogen (secondary N) is 2. The van der Waals surface area contributed by atoms with Gasteiger partial charge < -0.3 is 5.32 Å². The first-order valence-corrected chi connectivity index (χ1v) is 11.2. The van der Waals surface area contributed by atoms with Crippen LogP contribution >= 0.6 is 0 Å². The van der Waals surface area contributed by atoms with Gasteiger partial charge in [0, 0.05) is 18.0 Å². The molecule has 3 aromatic carbocycles. The third-order valence-electron chi connectivity index (χ3n) is 4.67. The smallest absolute Gasteiger partial charge is 0.251 e. The van der Waals surface area contributed by atoms with Crippen LogP contribution in [-0.4, -0.2) is 27.1 Å². The Morgan fingerprint density at radius 2 is 1.45 bits per heavy atom. The van der Waals surface area contributed by atoms with Gasteiger partial charge in [-0.1, -0.05) is 66.7 Å². The fraction of sp³-hybridized carbons (Fsp3) is 0.174. The lowest BCUT2D eigenvalue weighted by atomic mass is 9.91. The van der Waals surface area contributed by atoms with E-state index in [4.69, 9.17) is 0 Å². The number of carbonyl (C=O) groups is 1. The number of hydrogen-bond donors (Lipinski definition) is 2. The summed E-state index contributed by atoms with van der Waals surface area (Å²) in [5, 5.41) is 2.99. The zero-order valence-corrected chi connectivity index (χ0v) is 17.2. The van der Waals surface area contributed by atoms with Crippen molar-refractivity contribution in [3.8, 4) is 0 Å². The Kier molecular flexibility index (Phi) is 6.34. The van der Waals surface area contributed by atoms with Crippen LogP contribution in [0, 0.1) is 6.92 Å². The van der Waals surface area contributed by atoms with Crippen LogP contribution < -0.4 is 10.0 Å². The highest BCUT2D eigenvalue weighted by Gasteiger charge is 2.16. The number of aryl methyl sites for hydroxylation is 1. The molecule has 0 saturated heterocycles. The van der Waals surface area contributed by atoms with Crippen LogP contribution in [0.5, 0.6) is 0 Å². The Morgan fingerprint density at radius 3 is 1.97 bits per heavy atom. The average Bonchev–Trinajstić information content (AvgIpc) is 2.70. The van der Waals surface area contributed by atoms with Gasteiger partial charge in [0.2, 0.25) is 10.0 Å². The van der Waals surface area contributed by atoms with Crippen LogP contribution in [0.3, 0.4) is 0 Å². The normalized spacial score (nSPS) is 11.3. The molecule has 6 heteroatoms. The zero-order valence-electron chi connectivity index (χ0n) is 16.4. The van der Waals surface area contributed by atoms with Crippen molar-refractivity contribution in [3.63, 3.8) is 0 Å². The lowest BCUT2D eigenvalue weighted by Gasteiger charge is -2.19. The summed E-state index contributed by atoms with van der Waals surface area (Å²) in [6.07, 6.45) is 1.09. The van der Waals surface area contributed by atoms with Crippen molar-refractivity contribution in [1.29, 1.82) is 0 Å². The molecule has 0 unspecified atom stereocenters. The molecule has 0 aliphatic rings. The number of rotatable bonds is 7. The summed E-state index contributed by atoms with van der Waals surface area (Å²) in [6.45, 7) is 2.21. The number of sulfonamides is 1. The molecular formula is C23H24N2O3S. The lowest BCUT2D eigenvalue weighted by molar-refractivity contribution is 0.0952. The van der Waals surface area contributed by atoms with Gasteiger partial charge >= 0.3 is 0 Å². The summed E-state index contributed by atoms with van der Waals surface area (Å²) in [5.74, 6) is -0.237. The van der Waals surface area contributed by atoms with E-state index in [0.717, 1.165) is 22.9 Å². The molecule has 3 rings (SSSR count). The van der Waals surface area contributed by atoms with Crippen LogP contribution in [0.25, 0.3) is 0 Å². The largest absolute Gasteiger partial charge is 0.351 e. The van der Waals surface area contributed by atoms with Crippen LogP contribution in [-0.2, 0) is 10.0 Å². The summed E-state index contributed by atoms with van der Waals surface area (Å²) in [5.41, 5.74) is 3.78. The molecule has 0 radical (unpaired) electrons. The van der Waals surface area contributed by atoms with E-state index in [2.05, 4.69) is 10.0 Å². The molecule has 2 N–H and O–H groups in total. The molecule has 150 valence electrons. The van der Waals surface area contributed by atoms with E-state index in [1.54, 1.807) is 25.1 Å². The molecule has 0 atom stereocenters. The van der Waals surface area contributed by atoms with Gasteiger partial charge in [0.05, 0.1) is 11.9 Å². The average molecular weight is 409 g/mol. The summed E-state index contributed by atoms with van der Waals surface area (Å²) in [4.78, 5) is 12.8. The van der Waals surface area contributed by atoms with Gasteiger partial charge in [-0.25, -0.2) is 8.42 Å². The molecule has 0 aliphatic carbocycles. The molecule has 0 aromatic heterocycles. The van der Waals surface area contributed by atoms with E-state index in [9.17, 15) is 13.2 Å². The molecule has 0 fully saturated rings. The SMILES string of the molecule is Cc1ccc(C(=O)NCC(c2ccccc2)c2ccccc2)cc1NS(C)(=O)=O. The number of hydrogen-bond acceptors (Lipinski definition) is 3. The predicted octanol–water partition coefficient (Wildman–Crippen LogP) is 3.93. The van der Waals surface area contributed by atoms with Crippen molar-refractivity contribution in [1.82, 2.24) is 5.32 Å². The molecular weight excluding hydrogens is 384 g/mol. The van der Waals surface area contributed by atoms with Gasteiger partial charge in [-0.15, -0.1) is 0 Å². The molecule has 1 amide bonds. The Labute approximate surface area is 171 Å². The molecule has 0 saturated carbocycles. The van der Waals surface area contributed by atoms with E-state index >= 15 is 0 Å². The van der Waals surface area contributed by atoms with E-state index in [1.807, 2.05) is 60.7 Å². The van der Waals surface area contributed by atoms with E-state index < -0.39 is 10.0 Å². The lowest BCUT2D eigenvalue weighted by Crippen LogP contribution is -2.29. The topological polar surface area (TPSA) is 75.3 Å². The second-order valence-corrected chi connectivity index (χ2v) is 8.74. The summed E-state index contributed by atoms with van der Waals surface area (Å²) in [7, 11) is -3.42. The maximum Gasteiger partial charge on any atom is 0.251 e. The van der Waals surface area contributed by atoms with Gasteiger partial charge in [-0.05, 0) is 35.7 Å². The van der Waals surface area contributed by atoms with E-state index in [0.29, 0.717) is 17.8 Å². The summed E-state index contributed by atoms with van der Waals surface area (Å²) in [6, 6.07) is 25.0. The number of anilines is 1. The minimum absolute atomic E-state index is 0.0143. The van der Waals surface area contributed by atoms with Crippen molar-refractivity contribution in [2.24, 2.45) is 0 Å². The third kappa shape index (κ3) is 5.68. The van der Waals surface area contributed by atoms with Crippen molar-refractivity contribution in [2.45, 2.75) is 12.8 Å². The highest BCUT2D eigenvalue weighted by molar-refractivity contribution is 7.92. The van der Waals surface area contributed by atoms with Crippen LogP contribution in [0.1, 0.15) is 33.0 Å². The monoisotopic (exact) mass is 408 g/mol. The predicted molar refractivity (Wildman–Crippen MR) is 117 cm³/mol. The first kappa shape index (κ1) is 20.6. The molecule has 0 heterocycles. The molecule has 3 aromatic rings. The van der Waals surface area contributed by atoms with Gasteiger partial charge in [0.1, 0.15) is 0 Å². The Morgan fingerprint density at radius 1 is 0.897 bits per heavy atom. The summed E-state index contributed by atoms with van der Waals surface area (Å²) < 4.78 is 25.6. The van der Waals surface area contributed by atoms with Crippen molar-refractivity contribution in [3.05, 3.63) is 101 Å². The van der Waals surface area contributed by atoms with Crippen molar-refractivity contribution >= 4 is 21.6 Å². The molecule has 5 nitrogen and oxygen atoms in total. The fourth-order valence-corrected chi connectivity index (χ4v) is 3.79. The zero-order chi connectivity index (χ0) is 20.9. The second kappa shape index (κ2) is 8.92. The third-order valence-corrected chi connectivity index (χ3v) is 5.26. The van der Waals surface area contributed by atoms with E-state index in [-0.39, 0.29) is 11.8 Å². The van der Waals surface area contributed by atoms with Gasteiger partial charge in [0.25, 0.3) is 5.91 Å². The van der Waals surface area contributed by atoms with Crippen molar-refractivity contribution < 1.29 is 13.2 Å². The first-order chi connectivity index (χ1) is 13.8. The van der Waals surface area contributed by atoms with Crippen LogP contribution in [0.15, 0.2) is 78.9 Å². The quantitative estimate of drug-likeness (QED) is 0.622. The highest BCUT2D eigenvalue weighted by Crippen LogP contribution is 2.24. The van der Waals surface area contributed by atoms with Gasteiger partial charge in [-0.3, -0.25) is 9.52 Å². The Bertz CT molecular complexity index is 1040. The maximum absolute atomic E-state index is 12.8. The fourth-order valence-electron chi connectivity index (χ4n) is 3.17. The first-order valence-electron chi connectivity index (χ1n) is 9.30. The highest BCUT2D eigenvalue weighted by atomic mass is 32.2. The minimum Gasteiger partial charge on any atom is -0.351 e. The molecule has 0 aliphatic heterocycles. The van der Waals surface area contributed by atoms with E-state index in [1.165, 1.54) is 0 Å².